The lowest BCUT2D eigenvalue weighted by molar-refractivity contribution is -0.121. The van der Waals surface area contributed by atoms with Gasteiger partial charge >= 0.3 is 0 Å². The Bertz CT molecular complexity index is 1260. The summed E-state index contributed by atoms with van der Waals surface area (Å²) in [5.74, 6) is -1.54. The predicted octanol–water partition coefficient (Wildman–Crippen LogP) is 2.24. The molecule has 11 heteroatoms. The number of ether oxygens (including phenoxy) is 1. The molecule has 0 aliphatic heterocycles. The molecule has 2 atom stereocenters. The maximum atomic E-state index is 13.7. The second-order valence-electron chi connectivity index (χ2n) is 7.92. The summed E-state index contributed by atoms with van der Waals surface area (Å²) in [5.41, 5.74) is 7.64. The van der Waals surface area contributed by atoms with Gasteiger partial charge in [0, 0.05) is 19.9 Å². The van der Waals surface area contributed by atoms with Crippen molar-refractivity contribution in [3.05, 3.63) is 76.1 Å². The number of aromatic nitrogens is 2. The van der Waals surface area contributed by atoms with Crippen LogP contribution >= 0.6 is 11.6 Å². The highest BCUT2D eigenvalue weighted by Gasteiger charge is 2.34. The zero-order valence-corrected chi connectivity index (χ0v) is 20.5. The normalized spacial score (nSPS) is 16.6. The maximum Gasteiger partial charge on any atom is 0.275 e. The average molecular weight is 505 g/mol. The number of hydrogen-bond acceptors (Lipinski definition) is 7. The number of rotatable bonds is 8. The van der Waals surface area contributed by atoms with Crippen LogP contribution in [-0.2, 0) is 25.9 Å². The Kier molecular flexibility index (Phi) is 7.86. The number of sulfone groups is 1. The molecule has 2 aromatic rings. The molecule has 0 bridgehead atoms. The largest absolute Gasteiger partial charge is 0.377 e. The summed E-state index contributed by atoms with van der Waals surface area (Å²) in [6.07, 6.45) is 7.54. The molecule has 0 saturated heterocycles. The van der Waals surface area contributed by atoms with Crippen LogP contribution in [0.5, 0.6) is 0 Å². The molecule has 2 unspecified atom stereocenters. The molecule has 1 aliphatic rings. The van der Waals surface area contributed by atoms with E-state index in [-0.39, 0.29) is 23.4 Å². The van der Waals surface area contributed by atoms with Crippen LogP contribution < -0.4 is 5.73 Å². The third-order valence-corrected chi connectivity index (χ3v) is 6.38. The van der Waals surface area contributed by atoms with E-state index in [1.165, 1.54) is 4.90 Å². The van der Waals surface area contributed by atoms with Crippen LogP contribution in [0, 0.1) is 6.92 Å². The van der Waals surface area contributed by atoms with Crippen molar-refractivity contribution >= 4 is 33.3 Å². The lowest BCUT2D eigenvalue weighted by Crippen LogP contribution is -2.49. The van der Waals surface area contributed by atoms with E-state index in [1.54, 1.807) is 19.3 Å². The van der Waals surface area contributed by atoms with Gasteiger partial charge < -0.3 is 15.4 Å². The zero-order valence-electron chi connectivity index (χ0n) is 18.9. The molecule has 9 nitrogen and oxygen atoms in total. The molecule has 1 heterocycles. The lowest BCUT2D eigenvalue weighted by atomic mass is 9.96. The van der Waals surface area contributed by atoms with E-state index in [4.69, 9.17) is 22.1 Å². The molecule has 1 aliphatic carbocycles. The van der Waals surface area contributed by atoms with Crippen molar-refractivity contribution in [2.24, 2.45) is 5.73 Å². The Balaban J connectivity index is 2.14. The quantitative estimate of drug-likeness (QED) is 0.545. The fraction of sp³-hybridized carbons (Fsp3) is 0.304. The number of methoxy groups -OCH3 is 1. The number of hydrogen-bond donors (Lipinski definition) is 1. The summed E-state index contributed by atoms with van der Waals surface area (Å²) < 4.78 is 29.3. The van der Waals surface area contributed by atoms with Gasteiger partial charge in [0.2, 0.25) is 20.9 Å². The van der Waals surface area contributed by atoms with Crippen molar-refractivity contribution < 1.29 is 22.7 Å². The first kappa shape index (κ1) is 25.5. The van der Waals surface area contributed by atoms with E-state index < -0.39 is 32.8 Å². The minimum atomic E-state index is -3.82. The number of carbonyl (C=O) groups is 2. The van der Waals surface area contributed by atoms with Gasteiger partial charge in [-0.25, -0.2) is 18.4 Å². The van der Waals surface area contributed by atoms with Gasteiger partial charge in [0.25, 0.3) is 5.91 Å². The summed E-state index contributed by atoms with van der Waals surface area (Å²) in [4.78, 5) is 35.2. The second kappa shape index (κ2) is 10.5. The van der Waals surface area contributed by atoms with E-state index >= 15 is 0 Å². The third kappa shape index (κ3) is 5.88. The van der Waals surface area contributed by atoms with E-state index in [0.29, 0.717) is 12.0 Å². The van der Waals surface area contributed by atoms with Crippen LogP contribution in [-0.4, -0.2) is 60.6 Å². The van der Waals surface area contributed by atoms with Crippen LogP contribution in [0.2, 0.25) is 5.02 Å². The fourth-order valence-corrected chi connectivity index (χ4v) is 4.18. The number of carbonyl (C=O) groups excluding carboxylic acids is 2. The molecule has 1 aromatic heterocycles. The number of benzene rings is 1. The van der Waals surface area contributed by atoms with Crippen LogP contribution in [0.4, 0.5) is 0 Å². The molecule has 34 heavy (non-hydrogen) atoms. The van der Waals surface area contributed by atoms with Gasteiger partial charge in [-0.2, -0.15) is 0 Å². The average Bonchev–Trinajstić information content (AvgIpc) is 2.79. The molecular formula is C23H25ClN4O5S. The third-order valence-electron chi connectivity index (χ3n) is 5.25. The molecule has 0 radical (unpaired) electrons. The number of amides is 2. The molecule has 0 spiro atoms. The van der Waals surface area contributed by atoms with Crippen LogP contribution in [0.1, 0.15) is 28.0 Å². The molecular weight excluding hydrogens is 480 g/mol. The Labute approximate surface area is 203 Å². The molecule has 3 rings (SSSR count). The standard InChI is InChI=1S/C23H25ClN4O5S/c1-14-7-9-15(10-8-14)13-28(20(21(25)29)16-5-4-6-17(11-16)33-2)22(30)19-18(24)12-26-23(27-19)34(3,31)32/h4-5,7-12,17,20H,6,13H2,1-3H3,(H2,25,29). The van der Waals surface area contributed by atoms with Crippen LogP contribution in [0.15, 0.2) is 59.4 Å². The van der Waals surface area contributed by atoms with Crippen molar-refractivity contribution in [1.82, 2.24) is 14.9 Å². The second-order valence-corrected chi connectivity index (χ2v) is 10.2. The van der Waals surface area contributed by atoms with E-state index in [2.05, 4.69) is 9.97 Å². The van der Waals surface area contributed by atoms with Gasteiger partial charge in [-0.15, -0.1) is 0 Å². The Morgan fingerprint density at radius 1 is 1.29 bits per heavy atom. The molecule has 2 amide bonds. The van der Waals surface area contributed by atoms with Gasteiger partial charge in [0.15, 0.2) is 5.69 Å². The number of halogens is 1. The van der Waals surface area contributed by atoms with E-state index in [1.807, 2.05) is 37.3 Å². The monoisotopic (exact) mass is 504 g/mol. The highest BCUT2D eigenvalue weighted by molar-refractivity contribution is 7.90. The van der Waals surface area contributed by atoms with Crippen molar-refractivity contribution in [2.75, 3.05) is 13.4 Å². The molecule has 1 aromatic carbocycles. The minimum Gasteiger partial charge on any atom is -0.377 e. The fourth-order valence-electron chi connectivity index (χ4n) is 3.51. The van der Waals surface area contributed by atoms with Gasteiger partial charge in [0.05, 0.1) is 17.3 Å². The van der Waals surface area contributed by atoms with Crippen LogP contribution in [0.25, 0.3) is 0 Å². The Hall–Kier alpha value is -3.08. The van der Waals surface area contributed by atoms with Crippen molar-refractivity contribution in [1.29, 1.82) is 0 Å². The Morgan fingerprint density at radius 2 is 1.97 bits per heavy atom. The number of primary amides is 1. The van der Waals surface area contributed by atoms with Gasteiger partial charge in [0.1, 0.15) is 6.04 Å². The van der Waals surface area contributed by atoms with E-state index in [9.17, 15) is 18.0 Å². The summed E-state index contributed by atoms with van der Waals surface area (Å²) in [6.45, 7) is 1.92. The Morgan fingerprint density at radius 3 is 2.56 bits per heavy atom. The van der Waals surface area contributed by atoms with E-state index in [0.717, 1.165) is 23.6 Å². The first-order chi connectivity index (χ1) is 16.0. The smallest absolute Gasteiger partial charge is 0.275 e. The molecule has 180 valence electrons. The first-order valence-corrected chi connectivity index (χ1v) is 12.6. The topological polar surface area (TPSA) is 133 Å². The molecule has 0 saturated carbocycles. The lowest BCUT2D eigenvalue weighted by Gasteiger charge is -2.32. The minimum absolute atomic E-state index is 0.00983. The summed E-state index contributed by atoms with van der Waals surface area (Å²) in [7, 11) is -2.27. The molecule has 2 N–H and O–H groups in total. The highest BCUT2D eigenvalue weighted by Crippen LogP contribution is 2.25. The number of nitrogens with two attached hydrogens (primary N) is 1. The number of aryl methyl sites for hydroxylation is 1. The predicted molar refractivity (Wildman–Crippen MR) is 127 cm³/mol. The van der Waals surface area contributed by atoms with Gasteiger partial charge in [-0.05, 0) is 30.6 Å². The van der Waals surface area contributed by atoms with Crippen LogP contribution in [0.3, 0.4) is 0 Å². The van der Waals surface area contributed by atoms with Crippen molar-refractivity contribution in [3.63, 3.8) is 0 Å². The summed E-state index contributed by atoms with van der Waals surface area (Å²) >= 11 is 6.19. The van der Waals surface area contributed by atoms with Crippen molar-refractivity contribution in [3.8, 4) is 0 Å². The van der Waals surface area contributed by atoms with Gasteiger partial charge in [-0.1, -0.05) is 53.6 Å². The molecule has 0 fully saturated rings. The highest BCUT2D eigenvalue weighted by atomic mass is 35.5. The number of nitrogens with zero attached hydrogens (tertiary/aromatic N) is 3. The summed E-state index contributed by atoms with van der Waals surface area (Å²) in [6, 6.07) is 6.20. The SMILES string of the molecule is COC1C=C(C(C(N)=O)N(Cc2ccc(C)cc2)C(=O)c2nc(S(C)(=O)=O)ncc2Cl)C=CC1. The maximum absolute atomic E-state index is 13.7. The summed E-state index contributed by atoms with van der Waals surface area (Å²) in [5, 5.41) is -0.708. The van der Waals surface area contributed by atoms with Gasteiger partial charge in [-0.3, -0.25) is 9.59 Å². The zero-order chi connectivity index (χ0) is 25.0. The first-order valence-electron chi connectivity index (χ1n) is 10.3. The van der Waals surface area contributed by atoms with Crippen molar-refractivity contribution in [2.45, 2.75) is 37.2 Å².